The molecular formula is C91H178O17P2. The van der Waals surface area contributed by atoms with Crippen LogP contribution < -0.4 is 0 Å². The summed E-state index contributed by atoms with van der Waals surface area (Å²) in [6.07, 6.45) is 76.3. The largest absolute Gasteiger partial charge is 0.472 e. The van der Waals surface area contributed by atoms with E-state index >= 15 is 0 Å². The first-order valence-electron chi connectivity index (χ1n) is 47.0. The zero-order chi connectivity index (χ0) is 80.6. The van der Waals surface area contributed by atoms with Crippen LogP contribution in [0.25, 0.3) is 0 Å². The van der Waals surface area contributed by atoms with Gasteiger partial charge in [0.1, 0.15) is 19.3 Å². The molecule has 0 aliphatic heterocycles. The fraction of sp³-hybridized carbons (Fsp3) is 0.956. The Labute approximate surface area is 677 Å². The van der Waals surface area contributed by atoms with Gasteiger partial charge in [-0.2, -0.15) is 0 Å². The van der Waals surface area contributed by atoms with Gasteiger partial charge in [0, 0.05) is 25.7 Å². The highest BCUT2D eigenvalue weighted by Gasteiger charge is 2.31. The lowest BCUT2D eigenvalue weighted by Gasteiger charge is -2.21. The van der Waals surface area contributed by atoms with Gasteiger partial charge in [-0.25, -0.2) is 9.13 Å². The van der Waals surface area contributed by atoms with Gasteiger partial charge in [-0.15, -0.1) is 0 Å². The number of unbranched alkanes of at least 4 members (excludes halogenated alkanes) is 59. The first-order valence-corrected chi connectivity index (χ1v) is 50.0. The first kappa shape index (κ1) is 108. The summed E-state index contributed by atoms with van der Waals surface area (Å²) >= 11 is 0. The number of hydrogen-bond donors (Lipinski definition) is 3. The summed E-state index contributed by atoms with van der Waals surface area (Å²) in [6, 6.07) is 0. The second-order valence-electron chi connectivity index (χ2n) is 33.4. The number of carbonyl (C=O) groups excluding carboxylic acids is 4. The normalized spacial score (nSPS) is 14.0. The van der Waals surface area contributed by atoms with Crippen LogP contribution in [0, 0.1) is 11.8 Å². The number of rotatable bonds is 90. The Morgan fingerprint density at radius 2 is 0.464 bits per heavy atom. The Balaban J connectivity index is 5.25. The maximum atomic E-state index is 13.2. The summed E-state index contributed by atoms with van der Waals surface area (Å²) in [6.45, 7) is 9.80. The fourth-order valence-corrected chi connectivity index (χ4v) is 15.9. The molecule has 0 saturated carbocycles. The molecule has 0 radical (unpaired) electrons. The number of phosphoric acid groups is 2. The molecule has 110 heavy (non-hydrogen) atoms. The molecule has 0 amide bonds. The molecule has 654 valence electrons. The Hall–Kier alpha value is -1.94. The Kier molecular flexibility index (Phi) is 80.7. The van der Waals surface area contributed by atoms with Crippen molar-refractivity contribution in [1.82, 2.24) is 0 Å². The van der Waals surface area contributed by atoms with E-state index in [0.29, 0.717) is 25.7 Å². The number of carbonyl (C=O) groups is 4. The minimum Gasteiger partial charge on any atom is -0.462 e. The molecule has 0 aromatic rings. The van der Waals surface area contributed by atoms with Gasteiger partial charge in [0.2, 0.25) is 0 Å². The summed E-state index contributed by atoms with van der Waals surface area (Å²) < 4.78 is 69.1. The Bertz CT molecular complexity index is 2100. The third kappa shape index (κ3) is 82.6. The van der Waals surface area contributed by atoms with Gasteiger partial charge < -0.3 is 33.8 Å². The van der Waals surface area contributed by atoms with Gasteiger partial charge in [-0.3, -0.25) is 37.3 Å². The number of aliphatic hydroxyl groups excluding tert-OH is 1. The lowest BCUT2D eigenvalue weighted by atomic mass is 9.99. The SMILES string of the molecule is CCCCCCCCCCCCCCCCCCCCCC(=O)OC[C@H](COP(=O)(O)OC[C@@H](O)COP(=O)(O)OC[C@@H](COC(=O)CCCCCCCCCCCCCC)OC(=O)CCCCCCCCCCCCCCCCC(C)CC)OC(=O)CCCCCCCCCCCCCCCCCCCCC(C)C. The third-order valence-corrected chi connectivity index (χ3v) is 23.7. The second-order valence-corrected chi connectivity index (χ2v) is 36.3. The predicted octanol–water partition coefficient (Wildman–Crippen LogP) is 28.2. The molecule has 3 unspecified atom stereocenters. The van der Waals surface area contributed by atoms with Crippen molar-refractivity contribution < 1.29 is 80.2 Å². The monoisotopic (exact) mass is 1610 g/mol. The molecule has 0 heterocycles. The van der Waals surface area contributed by atoms with Crippen LogP contribution in [0.15, 0.2) is 0 Å². The summed E-state index contributed by atoms with van der Waals surface area (Å²) in [7, 11) is -9.94. The van der Waals surface area contributed by atoms with E-state index in [4.69, 9.17) is 37.0 Å². The standard InChI is InChI=1S/C91H178O17P2/c1-7-10-12-14-16-18-20-22-23-24-25-29-32-38-44-50-56-62-68-74-89(94)102-80-87(108-90(95)75-69-63-57-51-45-39-33-30-27-26-28-31-36-41-47-53-59-65-71-83(4)5)82-106-110(99,100)104-78-85(92)77-103-109(97,98)105-81-86(79-101-88(93)73-67-61-55-49-43-21-19-17-15-13-11-8-2)107-91(96)76-70-64-58-52-46-40-35-34-37-42-48-54-60-66-72-84(6)9-3/h83-87,92H,7-82H2,1-6H3,(H,97,98)(H,99,100)/t84?,85-,86+,87+/m0/s1. The molecule has 3 N–H and O–H groups in total. The van der Waals surface area contributed by atoms with Crippen molar-refractivity contribution in [2.75, 3.05) is 39.6 Å². The van der Waals surface area contributed by atoms with E-state index in [-0.39, 0.29) is 25.7 Å². The number of phosphoric ester groups is 2. The van der Waals surface area contributed by atoms with Crippen LogP contribution >= 0.6 is 15.6 Å². The summed E-state index contributed by atoms with van der Waals surface area (Å²) in [5.41, 5.74) is 0. The minimum atomic E-state index is -4.97. The van der Waals surface area contributed by atoms with Crippen molar-refractivity contribution in [3.05, 3.63) is 0 Å². The van der Waals surface area contributed by atoms with Gasteiger partial charge in [0.15, 0.2) is 12.2 Å². The van der Waals surface area contributed by atoms with Gasteiger partial charge in [-0.1, -0.05) is 440 Å². The molecule has 19 heteroatoms. The smallest absolute Gasteiger partial charge is 0.462 e. The third-order valence-electron chi connectivity index (χ3n) is 21.8. The fourth-order valence-electron chi connectivity index (χ4n) is 14.3. The molecule has 0 aliphatic rings. The Morgan fingerprint density at radius 3 is 0.691 bits per heavy atom. The molecule has 0 aromatic carbocycles. The topological polar surface area (TPSA) is 237 Å². The summed E-state index contributed by atoms with van der Waals surface area (Å²) in [5.74, 6) is -0.428. The lowest BCUT2D eigenvalue weighted by molar-refractivity contribution is -0.161. The average Bonchev–Trinajstić information content (AvgIpc) is 0.894. The van der Waals surface area contributed by atoms with E-state index in [0.717, 1.165) is 102 Å². The molecule has 0 spiro atoms. The van der Waals surface area contributed by atoms with E-state index in [1.807, 2.05) is 0 Å². The lowest BCUT2D eigenvalue weighted by Crippen LogP contribution is -2.30. The van der Waals surface area contributed by atoms with Crippen LogP contribution in [0.5, 0.6) is 0 Å². The maximum Gasteiger partial charge on any atom is 0.472 e. The van der Waals surface area contributed by atoms with Crippen LogP contribution in [0.1, 0.15) is 491 Å². The van der Waals surface area contributed by atoms with Crippen LogP contribution in [0.2, 0.25) is 0 Å². The molecule has 0 fully saturated rings. The van der Waals surface area contributed by atoms with Crippen molar-refractivity contribution in [3.63, 3.8) is 0 Å². The van der Waals surface area contributed by atoms with Crippen molar-refractivity contribution in [2.24, 2.45) is 11.8 Å². The van der Waals surface area contributed by atoms with Crippen molar-refractivity contribution >= 4 is 39.5 Å². The average molecular weight is 1610 g/mol. The zero-order valence-electron chi connectivity index (χ0n) is 72.6. The van der Waals surface area contributed by atoms with Crippen LogP contribution in [0.4, 0.5) is 0 Å². The first-order chi connectivity index (χ1) is 53.4. The van der Waals surface area contributed by atoms with E-state index in [1.54, 1.807) is 0 Å². The molecule has 0 bridgehead atoms. The summed E-state index contributed by atoms with van der Waals surface area (Å²) in [5, 5.41) is 10.7. The van der Waals surface area contributed by atoms with E-state index in [1.165, 1.54) is 308 Å². The predicted molar refractivity (Wildman–Crippen MR) is 455 cm³/mol. The van der Waals surface area contributed by atoms with E-state index < -0.39 is 97.5 Å². The van der Waals surface area contributed by atoms with Gasteiger partial charge in [-0.05, 0) is 37.5 Å². The van der Waals surface area contributed by atoms with Gasteiger partial charge in [0.25, 0.3) is 0 Å². The number of ether oxygens (including phenoxy) is 4. The van der Waals surface area contributed by atoms with Crippen LogP contribution in [-0.2, 0) is 65.4 Å². The highest BCUT2D eigenvalue weighted by molar-refractivity contribution is 7.47. The van der Waals surface area contributed by atoms with Crippen molar-refractivity contribution in [3.8, 4) is 0 Å². The Morgan fingerprint density at radius 1 is 0.264 bits per heavy atom. The zero-order valence-corrected chi connectivity index (χ0v) is 74.4. The van der Waals surface area contributed by atoms with Gasteiger partial charge in [0.05, 0.1) is 26.4 Å². The van der Waals surface area contributed by atoms with Gasteiger partial charge >= 0.3 is 39.5 Å². The molecule has 6 atom stereocenters. The van der Waals surface area contributed by atoms with Crippen LogP contribution in [-0.4, -0.2) is 96.7 Å². The second kappa shape index (κ2) is 82.2. The molecule has 0 aromatic heterocycles. The number of esters is 4. The van der Waals surface area contributed by atoms with E-state index in [9.17, 15) is 43.2 Å². The molecule has 17 nitrogen and oxygen atoms in total. The minimum absolute atomic E-state index is 0.108. The van der Waals surface area contributed by atoms with Crippen molar-refractivity contribution in [1.29, 1.82) is 0 Å². The maximum absolute atomic E-state index is 13.2. The molecule has 0 aliphatic carbocycles. The molecule has 0 saturated heterocycles. The van der Waals surface area contributed by atoms with Crippen molar-refractivity contribution in [2.45, 2.75) is 509 Å². The number of hydrogen-bond acceptors (Lipinski definition) is 15. The molecular weight excluding hydrogens is 1430 g/mol. The quantitative estimate of drug-likeness (QED) is 0.0222. The highest BCUT2D eigenvalue weighted by atomic mass is 31.2. The summed E-state index contributed by atoms with van der Waals surface area (Å²) in [4.78, 5) is 73.4. The highest BCUT2D eigenvalue weighted by Crippen LogP contribution is 2.45. The van der Waals surface area contributed by atoms with Crippen LogP contribution in [0.3, 0.4) is 0 Å². The molecule has 0 rings (SSSR count). The number of aliphatic hydroxyl groups is 1. The van der Waals surface area contributed by atoms with E-state index in [2.05, 4.69) is 41.5 Å².